The predicted octanol–water partition coefficient (Wildman–Crippen LogP) is 3.79. The fourth-order valence-electron chi connectivity index (χ4n) is 1.31. The summed E-state index contributed by atoms with van der Waals surface area (Å²) in [5.41, 5.74) is 0.938. The molecule has 0 atom stereocenters. The smallest absolute Gasteiger partial charge is 0.135 e. The highest BCUT2D eigenvalue weighted by molar-refractivity contribution is 9.11. The van der Waals surface area contributed by atoms with Crippen LogP contribution in [0, 0.1) is 0 Å². The molecule has 0 saturated heterocycles. The third-order valence-corrected chi connectivity index (χ3v) is 3.46. The van der Waals surface area contributed by atoms with Crippen molar-refractivity contribution in [2.24, 2.45) is 0 Å². The normalized spacial score (nSPS) is 10.1. The van der Waals surface area contributed by atoms with Crippen molar-refractivity contribution in [3.63, 3.8) is 0 Å². The molecule has 1 aromatic carbocycles. The van der Waals surface area contributed by atoms with E-state index < -0.39 is 0 Å². The summed E-state index contributed by atoms with van der Waals surface area (Å²) < 4.78 is 1.94. The summed E-state index contributed by atoms with van der Waals surface area (Å²) in [5.74, 6) is 1.50. The van der Waals surface area contributed by atoms with Crippen LogP contribution in [0.25, 0.3) is 0 Å². The van der Waals surface area contributed by atoms with Crippen LogP contribution in [0.5, 0.6) is 0 Å². The molecule has 1 heterocycles. The summed E-state index contributed by atoms with van der Waals surface area (Å²) in [5, 5.41) is 6.20. The molecule has 2 aromatic rings. The van der Waals surface area contributed by atoms with Crippen LogP contribution in [-0.2, 0) is 0 Å². The molecule has 0 aliphatic heterocycles. The van der Waals surface area contributed by atoms with Crippen LogP contribution in [0.4, 0.5) is 17.3 Å². The minimum Gasteiger partial charge on any atom is -0.373 e. The quantitative estimate of drug-likeness (QED) is 0.877. The van der Waals surface area contributed by atoms with Gasteiger partial charge in [-0.05, 0) is 44.0 Å². The fourth-order valence-corrected chi connectivity index (χ4v) is 2.50. The van der Waals surface area contributed by atoms with E-state index in [1.54, 1.807) is 0 Å². The van der Waals surface area contributed by atoms with Gasteiger partial charge in [0.05, 0.1) is 5.69 Å². The second-order valence-corrected chi connectivity index (χ2v) is 4.97. The Hall–Kier alpha value is -1.14. The maximum absolute atomic E-state index is 4.16. The highest BCUT2D eigenvalue weighted by Gasteiger charge is 2.05. The van der Waals surface area contributed by atoms with E-state index in [9.17, 15) is 0 Å². The third-order valence-electron chi connectivity index (χ3n) is 2.14. The summed E-state index contributed by atoms with van der Waals surface area (Å²) in [4.78, 5) is 8.22. The number of nitrogens with zero attached hydrogens (tertiary/aromatic N) is 2. The Morgan fingerprint density at radius 3 is 2.35 bits per heavy atom. The van der Waals surface area contributed by atoms with Gasteiger partial charge in [0.15, 0.2) is 0 Å². The molecular weight excluding hydrogens is 348 g/mol. The van der Waals surface area contributed by atoms with Crippen molar-refractivity contribution in [1.82, 2.24) is 9.97 Å². The van der Waals surface area contributed by atoms with E-state index in [-0.39, 0.29) is 0 Å². The first-order valence-corrected chi connectivity index (χ1v) is 6.50. The molecule has 1 aromatic heterocycles. The molecule has 88 valence electrons. The first-order chi connectivity index (χ1) is 8.20. The molecule has 0 bridgehead atoms. The zero-order chi connectivity index (χ0) is 12.3. The van der Waals surface area contributed by atoms with Crippen LogP contribution in [-0.4, -0.2) is 17.0 Å². The van der Waals surface area contributed by atoms with E-state index in [0.29, 0.717) is 0 Å². The molecule has 4 nitrogen and oxygen atoms in total. The van der Waals surface area contributed by atoms with E-state index in [1.165, 1.54) is 6.33 Å². The SMILES string of the molecule is CNc1cc(Nc2c(Br)cccc2Br)ncn1. The number of rotatable bonds is 3. The zero-order valence-electron chi connectivity index (χ0n) is 9.04. The van der Waals surface area contributed by atoms with Crippen LogP contribution in [0.1, 0.15) is 0 Å². The van der Waals surface area contributed by atoms with Gasteiger partial charge in [0, 0.05) is 22.1 Å². The summed E-state index contributed by atoms with van der Waals surface area (Å²) in [6, 6.07) is 7.73. The molecule has 2 N–H and O–H groups in total. The van der Waals surface area contributed by atoms with Crippen LogP contribution in [0.2, 0.25) is 0 Å². The van der Waals surface area contributed by atoms with E-state index in [2.05, 4.69) is 52.5 Å². The molecule has 2 rings (SSSR count). The minimum atomic E-state index is 0.733. The summed E-state index contributed by atoms with van der Waals surface area (Å²) >= 11 is 6.98. The van der Waals surface area contributed by atoms with E-state index in [0.717, 1.165) is 26.3 Å². The van der Waals surface area contributed by atoms with Gasteiger partial charge in [-0.1, -0.05) is 6.07 Å². The lowest BCUT2D eigenvalue weighted by atomic mass is 10.3. The molecule has 0 fully saturated rings. The van der Waals surface area contributed by atoms with Gasteiger partial charge < -0.3 is 10.6 Å². The number of hydrogen-bond acceptors (Lipinski definition) is 4. The minimum absolute atomic E-state index is 0.733. The lowest BCUT2D eigenvalue weighted by Crippen LogP contribution is -1.98. The summed E-state index contributed by atoms with van der Waals surface area (Å²) in [6.45, 7) is 0. The van der Waals surface area contributed by atoms with Crippen molar-refractivity contribution in [2.45, 2.75) is 0 Å². The number of anilines is 3. The van der Waals surface area contributed by atoms with Crippen molar-refractivity contribution >= 4 is 49.2 Å². The monoisotopic (exact) mass is 356 g/mol. The second-order valence-electron chi connectivity index (χ2n) is 3.26. The number of para-hydroxylation sites is 1. The Morgan fingerprint density at radius 1 is 1.06 bits per heavy atom. The Balaban J connectivity index is 2.31. The molecule has 6 heteroatoms. The summed E-state index contributed by atoms with van der Waals surface area (Å²) in [6.07, 6.45) is 1.51. The van der Waals surface area contributed by atoms with Crippen LogP contribution in [0.3, 0.4) is 0 Å². The number of aromatic nitrogens is 2. The maximum Gasteiger partial charge on any atom is 0.135 e. The predicted molar refractivity (Wildman–Crippen MR) is 76.7 cm³/mol. The number of benzene rings is 1. The molecule has 0 spiro atoms. The molecule has 0 amide bonds. The van der Waals surface area contributed by atoms with Crippen molar-refractivity contribution in [1.29, 1.82) is 0 Å². The standard InChI is InChI=1S/C11H10Br2N4/c1-14-9-5-10(16-6-15-9)17-11-7(12)3-2-4-8(11)13/h2-6H,1H3,(H2,14,15,16,17). The molecule has 0 unspecified atom stereocenters. The van der Waals surface area contributed by atoms with E-state index in [4.69, 9.17) is 0 Å². The topological polar surface area (TPSA) is 49.8 Å². The average molecular weight is 358 g/mol. The first kappa shape index (κ1) is 12.3. The van der Waals surface area contributed by atoms with Crippen molar-refractivity contribution in [3.8, 4) is 0 Å². The first-order valence-electron chi connectivity index (χ1n) is 4.91. The van der Waals surface area contributed by atoms with Crippen LogP contribution < -0.4 is 10.6 Å². The van der Waals surface area contributed by atoms with Crippen molar-refractivity contribution in [3.05, 3.63) is 39.5 Å². The fraction of sp³-hybridized carbons (Fsp3) is 0.0909. The Labute approximate surface area is 116 Å². The maximum atomic E-state index is 4.16. The molecule has 0 aliphatic carbocycles. The third kappa shape index (κ3) is 2.95. The molecular formula is C11H10Br2N4. The highest BCUT2D eigenvalue weighted by Crippen LogP contribution is 2.32. The number of halogens is 2. The second kappa shape index (κ2) is 5.46. The van der Waals surface area contributed by atoms with Crippen molar-refractivity contribution < 1.29 is 0 Å². The van der Waals surface area contributed by atoms with E-state index >= 15 is 0 Å². The van der Waals surface area contributed by atoms with Gasteiger partial charge in [-0.3, -0.25) is 0 Å². The van der Waals surface area contributed by atoms with Crippen LogP contribution >= 0.6 is 31.9 Å². The Morgan fingerprint density at radius 2 is 1.71 bits per heavy atom. The van der Waals surface area contributed by atoms with Crippen LogP contribution in [0.15, 0.2) is 39.5 Å². The average Bonchev–Trinajstić information content (AvgIpc) is 2.34. The Kier molecular flexibility index (Phi) is 3.96. The molecule has 0 saturated carbocycles. The number of nitrogens with one attached hydrogen (secondary N) is 2. The van der Waals surface area contributed by atoms with E-state index in [1.807, 2.05) is 31.3 Å². The van der Waals surface area contributed by atoms with Crippen molar-refractivity contribution in [2.75, 3.05) is 17.7 Å². The van der Waals surface area contributed by atoms with Gasteiger partial charge in [-0.25, -0.2) is 9.97 Å². The largest absolute Gasteiger partial charge is 0.373 e. The summed E-state index contributed by atoms with van der Waals surface area (Å²) in [7, 11) is 1.82. The molecule has 0 aliphatic rings. The van der Waals surface area contributed by atoms with Gasteiger partial charge in [-0.2, -0.15) is 0 Å². The highest BCUT2D eigenvalue weighted by atomic mass is 79.9. The number of hydrogen-bond donors (Lipinski definition) is 2. The van der Waals surface area contributed by atoms with Gasteiger partial charge in [0.2, 0.25) is 0 Å². The van der Waals surface area contributed by atoms with Gasteiger partial charge in [-0.15, -0.1) is 0 Å². The zero-order valence-corrected chi connectivity index (χ0v) is 12.2. The lowest BCUT2D eigenvalue weighted by Gasteiger charge is -2.10. The lowest BCUT2D eigenvalue weighted by molar-refractivity contribution is 1.16. The van der Waals surface area contributed by atoms with Gasteiger partial charge in [0.25, 0.3) is 0 Å². The van der Waals surface area contributed by atoms with Gasteiger partial charge >= 0.3 is 0 Å². The Bertz CT molecular complexity index is 510. The molecule has 17 heavy (non-hydrogen) atoms. The molecule has 0 radical (unpaired) electrons. The van der Waals surface area contributed by atoms with Gasteiger partial charge in [0.1, 0.15) is 18.0 Å².